The van der Waals surface area contributed by atoms with E-state index in [1.54, 1.807) is 30.3 Å². The Kier molecular flexibility index (Phi) is 30.0. The number of carboxylic acids is 1. The van der Waals surface area contributed by atoms with Crippen LogP contribution in [0.15, 0.2) is 30.3 Å². The molecule has 0 radical (unpaired) electrons. The fraction of sp³-hybridized carbons (Fsp3) is 0.667. The zero-order chi connectivity index (χ0) is 26.6. The highest BCUT2D eigenvalue weighted by atomic mass is 28.4. The first kappa shape index (κ1) is 36.1. The molecule has 1 rings (SSSR count). The molecule has 204 valence electrons. The van der Waals surface area contributed by atoms with Gasteiger partial charge in [0.2, 0.25) is 0 Å². The largest absolute Gasteiger partial charge is 0.478 e. The average Bonchev–Trinajstić information content (AvgIpc) is 2.84. The third-order valence-electron chi connectivity index (χ3n) is 4.77. The second-order valence-corrected chi connectivity index (χ2v) is 15.2. The third kappa shape index (κ3) is 30.9. The van der Waals surface area contributed by atoms with E-state index in [0.717, 1.165) is 27.4 Å². The van der Waals surface area contributed by atoms with Crippen molar-refractivity contribution in [3.8, 4) is 0 Å². The summed E-state index contributed by atoms with van der Waals surface area (Å²) in [5, 5.41) is 8.38. The quantitative estimate of drug-likeness (QED) is 0.167. The van der Waals surface area contributed by atoms with Crippen LogP contribution in [-0.4, -0.2) is 64.1 Å². The van der Waals surface area contributed by atoms with Gasteiger partial charge in [0.1, 0.15) is 21.0 Å². The fourth-order valence-electron chi connectivity index (χ4n) is 3.04. The van der Waals surface area contributed by atoms with E-state index in [9.17, 15) is 9.59 Å². The van der Waals surface area contributed by atoms with Gasteiger partial charge in [0.25, 0.3) is 20.0 Å². The van der Waals surface area contributed by atoms with E-state index in [1.807, 2.05) is 13.8 Å². The normalized spacial score (nSPS) is 11.0. The number of carbonyl (C=O) groups excluding carboxylic acids is 1. The molecule has 1 aromatic carbocycles. The maximum atomic E-state index is 11.3. The van der Waals surface area contributed by atoms with Gasteiger partial charge in [-0.3, -0.25) is 4.79 Å². The van der Waals surface area contributed by atoms with Crippen molar-refractivity contribution in [2.75, 3.05) is 0 Å². The number of ether oxygens (including phenoxy) is 1. The lowest BCUT2D eigenvalue weighted by Crippen LogP contribution is -2.10. The van der Waals surface area contributed by atoms with Gasteiger partial charge in [0.15, 0.2) is 0 Å². The number of carboxylic acid groups (broad SMARTS) is 1. The molecule has 0 atom stereocenters. The van der Waals surface area contributed by atoms with Gasteiger partial charge in [-0.1, -0.05) is 89.3 Å². The maximum Gasteiger partial charge on any atom is 0.335 e. The van der Waals surface area contributed by atoms with Crippen LogP contribution in [-0.2, 0) is 21.9 Å². The summed E-state index contributed by atoms with van der Waals surface area (Å²) < 4.78 is 19.9. The van der Waals surface area contributed by atoms with Crippen LogP contribution in [0.4, 0.5) is 0 Å². The van der Waals surface area contributed by atoms with Crippen LogP contribution in [0.2, 0.25) is 0 Å². The van der Waals surface area contributed by atoms with Crippen molar-refractivity contribution in [1.29, 1.82) is 0 Å². The Hall–Kier alpha value is -1.09. The van der Waals surface area contributed by atoms with E-state index >= 15 is 0 Å². The highest BCUT2D eigenvalue weighted by molar-refractivity contribution is 6.40. The minimum absolute atomic E-state index is 0.0280. The van der Waals surface area contributed by atoms with Crippen molar-refractivity contribution in [1.82, 2.24) is 0 Å². The molecule has 7 nitrogen and oxygen atoms in total. The maximum absolute atomic E-state index is 11.3. The fourth-order valence-corrected chi connectivity index (χ4v) is 7.64. The number of hydrogen-bond donors (Lipinski definition) is 1. The van der Waals surface area contributed by atoms with Crippen LogP contribution in [0.5, 0.6) is 0 Å². The molecule has 0 saturated heterocycles. The molecule has 11 heteroatoms. The van der Waals surface area contributed by atoms with Crippen LogP contribution < -0.4 is 0 Å². The van der Waals surface area contributed by atoms with Crippen molar-refractivity contribution in [2.45, 2.75) is 104 Å². The summed E-state index contributed by atoms with van der Waals surface area (Å²) in [4.78, 5) is 21.5. The predicted molar refractivity (Wildman–Crippen MR) is 156 cm³/mol. The Morgan fingerprint density at radius 1 is 0.829 bits per heavy atom. The van der Waals surface area contributed by atoms with Gasteiger partial charge in [-0.25, -0.2) is 4.79 Å². The third-order valence-corrected chi connectivity index (χ3v) is 7.99. The molecule has 1 aromatic rings. The topological polar surface area (TPSA) is 91.3 Å². The Labute approximate surface area is 224 Å². The lowest BCUT2D eigenvalue weighted by Gasteiger charge is -2.07. The zero-order valence-corrected chi connectivity index (χ0v) is 29.6. The van der Waals surface area contributed by atoms with Crippen molar-refractivity contribution in [3.05, 3.63) is 35.9 Å². The molecule has 0 fully saturated rings. The van der Waals surface area contributed by atoms with Gasteiger partial charge in [-0.05, 0) is 32.4 Å². The van der Waals surface area contributed by atoms with Gasteiger partial charge in [-0.2, -0.15) is 0 Å². The number of rotatable bonds is 18. The molecule has 35 heavy (non-hydrogen) atoms. The van der Waals surface area contributed by atoms with Crippen molar-refractivity contribution < 1.29 is 31.8 Å². The molecular weight excluding hydrogens is 513 g/mol. The van der Waals surface area contributed by atoms with Crippen LogP contribution in [0.3, 0.4) is 0 Å². The highest BCUT2D eigenvalue weighted by Crippen LogP contribution is 2.12. The average molecular weight is 563 g/mol. The molecular formula is C24H50O7Si4. The van der Waals surface area contributed by atoms with Crippen LogP contribution in [0, 0.1) is 0 Å². The summed E-state index contributed by atoms with van der Waals surface area (Å²) in [6, 6.07) is 8.30. The van der Waals surface area contributed by atoms with Gasteiger partial charge in [-0.15, -0.1) is 0 Å². The van der Waals surface area contributed by atoms with Crippen molar-refractivity contribution in [2.24, 2.45) is 0 Å². The minimum atomic E-state index is -0.879. The van der Waals surface area contributed by atoms with Crippen LogP contribution in [0.1, 0.15) is 108 Å². The van der Waals surface area contributed by atoms with Crippen LogP contribution in [0.25, 0.3) is 0 Å². The standard InChI is InChI=1S/C17H34O2.C7H6O2.H10O3Si4/c1-4-5-6-7-8-9-10-11-12-13-14-15-17(18)19-16(2)3;8-7(9)6-4-2-1-3-5-6;4-1-6-3-7-2-5/h16H,4-15H2,1-3H3;1-5H,(H,8,9);6-7H2,4-5H3. The van der Waals surface area contributed by atoms with Crippen LogP contribution >= 0.6 is 0 Å². The Bertz CT molecular complexity index is 588. The lowest BCUT2D eigenvalue weighted by atomic mass is 10.1. The molecule has 0 amide bonds. The van der Waals surface area contributed by atoms with Crippen molar-refractivity contribution >= 4 is 52.9 Å². The SMILES string of the molecule is CCCCCCCCCCCCCC(=O)OC(C)C.O=C(O)c1ccccc1.[SiH3]O[SiH2]O[SiH2]O[SiH3]. The monoisotopic (exact) mass is 562 g/mol. The Morgan fingerprint density at radius 3 is 1.66 bits per heavy atom. The summed E-state index contributed by atoms with van der Waals surface area (Å²) in [5.74, 6) is -0.915. The van der Waals surface area contributed by atoms with E-state index in [0.29, 0.717) is 12.0 Å². The first-order valence-corrected chi connectivity index (χ1v) is 16.9. The Balaban J connectivity index is 0. The number of benzene rings is 1. The first-order chi connectivity index (χ1) is 16.9. The van der Waals surface area contributed by atoms with E-state index in [2.05, 4.69) is 6.92 Å². The smallest absolute Gasteiger partial charge is 0.335 e. The highest BCUT2D eigenvalue weighted by Gasteiger charge is 2.04. The second-order valence-electron chi connectivity index (χ2n) is 8.51. The summed E-state index contributed by atoms with van der Waals surface area (Å²) in [6.45, 7) is 6.06. The number of aromatic carboxylic acids is 1. The van der Waals surface area contributed by atoms with Gasteiger partial charge >= 0.3 is 11.9 Å². The molecule has 0 aliphatic heterocycles. The number of hydrogen-bond acceptors (Lipinski definition) is 6. The molecule has 0 bridgehead atoms. The number of unbranched alkanes of at least 4 members (excludes halogenated alkanes) is 10. The summed E-state index contributed by atoms with van der Waals surface area (Å²) in [7, 11) is 0.504. The molecule has 0 saturated carbocycles. The van der Waals surface area contributed by atoms with E-state index < -0.39 is 26.0 Å². The van der Waals surface area contributed by atoms with E-state index in [-0.39, 0.29) is 12.1 Å². The van der Waals surface area contributed by atoms with Gasteiger partial charge in [0, 0.05) is 6.42 Å². The molecule has 0 unspecified atom stereocenters. The molecule has 0 spiro atoms. The van der Waals surface area contributed by atoms with Gasteiger partial charge in [0.05, 0.1) is 11.7 Å². The number of esters is 1. The Morgan fingerprint density at radius 2 is 1.29 bits per heavy atom. The first-order valence-electron chi connectivity index (χ1n) is 12.9. The number of carbonyl (C=O) groups is 2. The summed E-state index contributed by atoms with van der Waals surface area (Å²) >= 11 is 0. The predicted octanol–water partition coefficient (Wildman–Crippen LogP) is 2.62. The lowest BCUT2D eigenvalue weighted by molar-refractivity contribution is -0.147. The zero-order valence-electron chi connectivity index (χ0n) is 22.8. The molecule has 0 aromatic heterocycles. The molecule has 1 N–H and O–H groups in total. The van der Waals surface area contributed by atoms with Crippen molar-refractivity contribution in [3.63, 3.8) is 0 Å². The minimum Gasteiger partial charge on any atom is -0.478 e. The summed E-state index contributed by atoms with van der Waals surface area (Å²) in [5.41, 5.74) is 0.331. The molecule has 0 aliphatic rings. The molecule has 0 aliphatic carbocycles. The van der Waals surface area contributed by atoms with Gasteiger partial charge < -0.3 is 22.2 Å². The second kappa shape index (κ2) is 29.1. The molecule has 0 heterocycles. The van der Waals surface area contributed by atoms with E-state index in [1.165, 1.54) is 64.2 Å². The van der Waals surface area contributed by atoms with E-state index in [4.69, 9.17) is 22.2 Å². The summed E-state index contributed by atoms with van der Waals surface area (Å²) in [6.07, 6.45) is 15.1.